The van der Waals surface area contributed by atoms with Gasteiger partial charge in [-0.05, 0) is 81.3 Å². The van der Waals surface area contributed by atoms with Crippen LogP contribution in [0, 0.1) is 17.8 Å². The van der Waals surface area contributed by atoms with Gasteiger partial charge in [-0.15, -0.1) is 0 Å². The summed E-state index contributed by atoms with van der Waals surface area (Å²) in [6.45, 7) is 0. The summed E-state index contributed by atoms with van der Waals surface area (Å²) in [6, 6.07) is 2.53. The van der Waals surface area contributed by atoms with Gasteiger partial charge in [0.2, 0.25) is 5.88 Å². The Morgan fingerprint density at radius 1 is 1.16 bits per heavy atom. The molecule has 3 saturated carbocycles. The van der Waals surface area contributed by atoms with Crippen molar-refractivity contribution in [3.05, 3.63) is 23.9 Å². The third-order valence-corrected chi connectivity index (χ3v) is 7.80. The van der Waals surface area contributed by atoms with Crippen LogP contribution in [0.1, 0.15) is 68.1 Å². The fraction of sp³-hybridized carbons (Fsp3) is 0.652. The number of ether oxygens (including phenoxy) is 1. The molecule has 1 saturated heterocycles. The highest BCUT2D eigenvalue weighted by molar-refractivity contribution is 6.04. The van der Waals surface area contributed by atoms with Crippen LogP contribution in [0.3, 0.4) is 0 Å². The van der Waals surface area contributed by atoms with Gasteiger partial charge in [0.25, 0.3) is 11.8 Å². The van der Waals surface area contributed by atoms with E-state index in [2.05, 4.69) is 10.3 Å². The number of fused-ring (bicyclic) bond motifs is 2. The number of carbonyl (C=O) groups excluding carboxylic acids is 3. The summed E-state index contributed by atoms with van der Waals surface area (Å²) >= 11 is 0. The van der Waals surface area contributed by atoms with Gasteiger partial charge in [-0.3, -0.25) is 14.5 Å². The molecule has 3 aliphatic carbocycles. The van der Waals surface area contributed by atoms with Crippen LogP contribution in [0.25, 0.3) is 0 Å². The Morgan fingerprint density at radius 2 is 1.97 bits per heavy atom. The standard InChI is InChI=1S/C23H30N4O4/c24-20(28)18-2-1-9-25-21(18)31-17-7-5-16(6-8-17)27-22(29)19(26-23(27)30)12-15-11-13-3-4-14(15)10-13/h1-2,9,13-17,19H,3-8,10-12H2,(H2,24,28)(H,26,30)/t13-,14?,15?,16-,17-,19?/m0/s1. The number of nitrogens with one attached hydrogen (secondary N) is 1. The van der Waals surface area contributed by atoms with Crippen LogP contribution >= 0.6 is 0 Å². The molecule has 31 heavy (non-hydrogen) atoms. The molecule has 4 amide bonds. The summed E-state index contributed by atoms with van der Waals surface area (Å²) in [6.07, 6.45) is 10.1. The summed E-state index contributed by atoms with van der Waals surface area (Å²) < 4.78 is 5.93. The molecule has 0 spiro atoms. The predicted octanol–water partition coefficient (Wildman–Crippen LogP) is 2.62. The Hall–Kier alpha value is -2.64. The van der Waals surface area contributed by atoms with Crippen molar-refractivity contribution >= 4 is 17.8 Å². The van der Waals surface area contributed by atoms with Gasteiger partial charge in [-0.2, -0.15) is 0 Å². The average Bonchev–Trinajstić information content (AvgIpc) is 3.45. The molecule has 5 rings (SSSR count). The van der Waals surface area contributed by atoms with E-state index < -0.39 is 5.91 Å². The maximum absolute atomic E-state index is 13.1. The number of rotatable bonds is 6. The quantitative estimate of drug-likeness (QED) is 0.679. The first-order valence-corrected chi connectivity index (χ1v) is 11.5. The third-order valence-electron chi connectivity index (χ3n) is 7.80. The van der Waals surface area contributed by atoms with Crippen LogP contribution in [0.2, 0.25) is 0 Å². The molecule has 8 heteroatoms. The first-order chi connectivity index (χ1) is 15.0. The summed E-state index contributed by atoms with van der Waals surface area (Å²) in [5.74, 6) is 1.78. The van der Waals surface area contributed by atoms with E-state index in [0.29, 0.717) is 31.6 Å². The van der Waals surface area contributed by atoms with Crippen LogP contribution in [-0.2, 0) is 4.79 Å². The highest BCUT2D eigenvalue weighted by atomic mass is 16.5. The lowest BCUT2D eigenvalue weighted by Gasteiger charge is -2.33. The SMILES string of the molecule is NC(=O)c1cccnc1O[C@H]1CC[C@H](N2C(=O)NC(CC3C[C@H]4CCC3C4)C2=O)CC1. The van der Waals surface area contributed by atoms with Gasteiger partial charge in [0.05, 0.1) is 0 Å². The number of hydrogen-bond acceptors (Lipinski definition) is 5. The van der Waals surface area contributed by atoms with E-state index in [0.717, 1.165) is 18.3 Å². The van der Waals surface area contributed by atoms with Crippen molar-refractivity contribution in [2.24, 2.45) is 23.5 Å². The summed E-state index contributed by atoms with van der Waals surface area (Å²) in [5, 5.41) is 2.95. The summed E-state index contributed by atoms with van der Waals surface area (Å²) in [5.41, 5.74) is 5.66. The van der Waals surface area contributed by atoms with Crippen molar-refractivity contribution in [2.75, 3.05) is 0 Å². The molecule has 4 atom stereocenters. The predicted molar refractivity (Wildman–Crippen MR) is 112 cm³/mol. The van der Waals surface area contributed by atoms with Crippen LogP contribution in [-0.4, -0.2) is 45.9 Å². The number of hydrogen-bond donors (Lipinski definition) is 2. The molecule has 3 unspecified atom stereocenters. The fourth-order valence-electron chi connectivity index (χ4n) is 6.27. The van der Waals surface area contributed by atoms with Crippen molar-refractivity contribution in [2.45, 2.75) is 76.0 Å². The lowest BCUT2D eigenvalue weighted by atomic mass is 9.84. The monoisotopic (exact) mass is 426 g/mol. The normalized spacial score (nSPS) is 34.8. The molecule has 4 fully saturated rings. The van der Waals surface area contributed by atoms with Gasteiger partial charge in [-0.1, -0.05) is 6.42 Å². The van der Waals surface area contributed by atoms with Gasteiger partial charge < -0.3 is 15.8 Å². The molecule has 1 aliphatic heterocycles. The minimum atomic E-state index is -0.572. The van der Waals surface area contributed by atoms with Crippen molar-refractivity contribution in [1.82, 2.24) is 15.2 Å². The molecule has 0 radical (unpaired) electrons. The minimum Gasteiger partial charge on any atom is -0.474 e. The third kappa shape index (κ3) is 3.88. The highest BCUT2D eigenvalue weighted by Gasteiger charge is 2.47. The van der Waals surface area contributed by atoms with Gasteiger partial charge in [0, 0.05) is 12.2 Å². The number of nitrogens with two attached hydrogens (primary N) is 1. The first-order valence-electron chi connectivity index (χ1n) is 11.5. The molecule has 3 N–H and O–H groups in total. The molecular formula is C23H30N4O4. The second-order valence-electron chi connectivity index (χ2n) is 9.65. The smallest absolute Gasteiger partial charge is 0.325 e. The number of pyridine rings is 1. The van der Waals surface area contributed by atoms with E-state index in [4.69, 9.17) is 10.5 Å². The van der Waals surface area contributed by atoms with Crippen molar-refractivity contribution in [3.8, 4) is 5.88 Å². The minimum absolute atomic E-state index is 0.0575. The van der Waals surface area contributed by atoms with Gasteiger partial charge in [0.15, 0.2) is 0 Å². The second kappa shape index (κ2) is 8.13. The zero-order valence-corrected chi connectivity index (χ0v) is 17.7. The molecule has 1 aromatic heterocycles. The largest absolute Gasteiger partial charge is 0.474 e. The maximum atomic E-state index is 13.1. The topological polar surface area (TPSA) is 115 Å². The number of primary amides is 1. The number of amides is 4. The van der Waals surface area contributed by atoms with Gasteiger partial charge in [0.1, 0.15) is 17.7 Å². The van der Waals surface area contributed by atoms with E-state index in [-0.39, 0.29) is 41.6 Å². The Labute approximate surface area is 181 Å². The average molecular weight is 427 g/mol. The molecule has 166 valence electrons. The molecular weight excluding hydrogens is 396 g/mol. The van der Waals surface area contributed by atoms with E-state index in [9.17, 15) is 14.4 Å². The molecule has 0 aromatic carbocycles. The number of carbonyl (C=O) groups is 3. The van der Waals surface area contributed by atoms with Crippen LogP contribution in [0.15, 0.2) is 18.3 Å². The van der Waals surface area contributed by atoms with Crippen molar-refractivity contribution < 1.29 is 19.1 Å². The second-order valence-corrected chi connectivity index (χ2v) is 9.65. The Morgan fingerprint density at radius 3 is 2.65 bits per heavy atom. The molecule has 8 nitrogen and oxygen atoms in total. The van der Waals surface area contributed by atoms with E-state index in [1.807, 2.05) is 0 Å². The Kier molecular flexibility index (Phi) is 5.32. The van der Waals surface area contributed by atoms with Crippen molar-refractivity contribution in [3.63, 3.8) is 0 Å². The maximum Gasteiger partial charge on any atom is 0.325 e. The zero-order valence-electron chi connectivity index (χ0n) is 17.7. The highest BCUT2D eigenvalue weighted by Crippen LogP contribution is 2.50. The summed E-state index contributed by atoms with van der Waals surface area (Å²) in [7, 11) is 0. The van der Waals surface area contributed by atoms with Crippen molar-refractivity contribution in [1.29, 1.82) is 0 Å². The zero-order chi connectivity index (χ0) is 21.5. The molecule has 2 bridgehead atoms. The first kappa shape index (κ1) is 20.3. The lowest BCUT2D eigenvalue weighted by Crippen LogP contribution is -2.44. The van der Waals surface area contributed by atoms with E-state index in [1.165, 1.54) is 30.6 Å². The number of imide groups is 1. The number of urea groups is 1. The molecule has 2 heterocycles. The fourth-order valence-corrected chi connectivity index (χ4v) is 6.27. The van der Waals surface area contributed by atoms with E-state index >= 15 is 0 Å². The Balaban J connectivity index is 1.16. The number of nitrogens with zero attached hydrogens (tertiary/aromatic N) is 2. The van der Waals surface area contributed by atoms with Crippen LogP contribution in [0.5, 0.6) is 5.88 Å². The van der Waals surface area contributed by atoms with Gasteiger partial charge >= 0.3 is 6.03 Å². The van der Waals surface area contributed by atoms with Crippen LogP contribution in [0.4, 0.5) is 4.79 Å². The summed E-state index contributed by atoms with van der Waals surface area (Å²) in [4.78, 5) is 42.8. The molecule has 4 aliphatic rings. The van der Waals surface area contributed by atoms with Crippen LogP contribution < -0.4 is 15.8 Å². The lowest BCUT2D eigenvalue weighted by molar-refractivity contribution is -0.130. The molecule has 1 aromatic rings. The Bertz CT molecular complexity index is 882. The van der Waals surface area contributed by atoms with E-state index in [1.54, 1.807) is 18.3 Å². The van der Waals surface area contributed by atoms with Gasteiger partial charge in [-0.25, -0.2) is 9.78 Å². The number of aromatic nitrogens is 1.